The summed E-state index contributed by atoms with van der Waals surface area (Å²) in [5.41, 5.74) is 2.68. The first-order valence-corrected chi connectivity index (χ1v) is 7.61. The van der Waals surface area contributed by atoms with Crippen LogP contribution in [0.2, 0.25) is 0 Å². The Hall–Kier alpha value is -2.10. The van der Waals surface area contributed by atoms with Gasteiger partial charge in [0.05, 0.1) is 0 Å². The molecule has 0 bridgehead atoms. The number of anilines is 3. The smallest absolute Gasteiger partial charge is 0.138 e. The molecule has 0 spiro atoms. The molecule has 0 saturated carbocycles. The molecule has 21 heavy (non-hydrogen) atoms. The average Bonchev–Trinajstić information content (AvgIpc) is 2.45. The summed E-state index contributed by atoms with van der Waals surface area (Å²) in [5.74, 6) is 2.69. The lowest BCUT2D eigenvalue weighted by atomic mass is 10.0. The Bertz CT molecular complexity index is 636. The van der Waals surface area contributed by atoms with Crippen molar-refractivity contribution >= 4 is 17.3 Å². The maximum absolute atomic E-state index is 4.64. The van der Waals surface area contributed by atoms with E-state index in [1.165, 1.54) is 11.3 Å². The van der Waals surface area contributed by atoms with Gasteiger partial charge in [-0.1, -0.05) is 18.2 Å². The normalized spacial score (nSPS) is 14.2. The highest BCUT2D eigenvalue weighted by Gasteiger charge is 2.19. The van der Waals surface area contributed by atoms with Crippen LogP contribution in [0.25, 0.3) is 0 Å². The third-order valence-corrected chi connectivity index (χ3v) is 3.65. The van der Waals surface area contributed by atoms with Crippen molar-refractivity contribution < 1.29 is 0 Å². The fourth-order valence-corrected chi connectivity index (χ4v) is 2.83. The minimum absolute atomic E-state index is 0.362. The molecule has 1 aromatic heterocycles. The molecule has 0 saturated heterocycles. The van der Waals surface area contributed by atoms with E-state index in [2.05, 4.69) is 64.4 Å². The number of benzene rings is 1. The number of fused-ring (bicyclic) bond motifs is 1. The van der Waals surface area contributed by atoms with Gasteiger partial charge >= 0.3 is 0 Å². The van der Waals surface area contributed by atoms with Crippen molar-refractivity contribution in [2.75, 3.05) is 16.8 Å². The topological polar surface area (TPSA) is 41.1 Å². The minimum atomic E-state index is 0.362. The monoisotopic (exact) mass is 282 g/mol. The zero-order chi connectivity index (χ0) is 14.8. The van der Waals surface area contributed by atoms with Crippen LogP contribution in [0.4, 0.5) is 17.3 Å². The maximum Gasteiger partial charge on any atom is 0.138 e. The molecule has 0 unspecified atom stereocenters. The lowest BCUT2D eigenvalue weighted by molar-refractivity contribution is 0.756. The van der Waals surface area contributed by atoms with Gasteiger partial charge in [-0.05, 0) is 45.2 Å². The number of nitrogens with one attached hydrogen (secondary N) is 1. The highest BCUT2D eigenvalue weighted by molar-refractivity contribution is 5.67. The van der Waals surface area contributed by atoms with Gasteiger partial charge in [0, 0.05) is 24.3 Å². The van der Waals surface area contributed by atoms with Gasteiger partial charge in [0.15, 0.2) is 0 Å². The second-order valence-corrected chi connectivity index (χ2v) is 5.84. The number of aryl methyl sites for hydroxylation is 2. The fraction of sp³-hybridized carbons (Fsp3) is 0.412. The molecule has 2 aromatic rings. The zero-order valence-corrected chi connectivity index (χ0v) is 12.9. The summed E-state index contributed by atoms with van der Waals surface area (Å²) in [4.78, 5) is 11.4. The van der Waals surface area contributed by atoms with Crippen molar-refractivity contribution in [1.82, 2.24) is 9.97 Å². The van der Waals surface area contributed by atoms with Crippen LogP contribution in [-0.4, -0.2) is 22.6 Å². The molecular formula is C17H22N4. The van der Waals surface area contributed by atoms with Crippen molar-refractivity contribution in [3.05, 3.63) is 41.7 Å². The average molecular weight is 282 g/mol. The Balaban J connectivity index is 1.99. The molecule has 4 nitrogen and oxygen atoms in total. The molecule has 4 heteroatoms. The van der Waals surface area contributed by atoms with Crippen LogP contribution < -0.4 is 10.2 Å². The lowest BCUT2D eigenvalue weighted by Crippen LogP contribution is -2.26. The van der Waals surface area contributed by atoms with E-state index in [0.717, 1.165) is 36.8 Å². The molecule has 1 aliphatic heterocycles. The van der Waals surface area contributed by atoms with E-state index in [0.29, 0.717) is 6.04 Å². The molecule has 0 amide bonds. The summed E-state index contributed by atoms with van der Waals surface area (Å²) in [5, 5.41) is 3.37. The van der Waals surface area contributed by atoms with Crippen molar-refractivity contribution in [1.29, 1.82) is 0 Å². The predicted octanol–water partition coefficient (Wildman–Crippen LogP) is 3.69. The quantitative estimate of drug-likeness (QED) is 0.932. The molecule has 0 aliphatic carbocycles. The molecule has 1 aliphatic rings. The van der Waals surface area contributed by atoms with Crippen LogP contribution in [0.5, 0.6) is 0 Å². The van der Waals surface area contributed by atoms with Crippen LogP contribution in [0.15, 0.2) is 30.3 Å². The van der Waals surface area contributed by atoms with E-state index >= 15 is 0 Å². The Kier molecular flexibility index (Phi) is 3.78. The van der Waals surface area contributed by atoms with E-state index in [1.54, 1.807) is 0 Å². The molecule has 2 heterocycles. The summed E-state index contributed by atoms with van der Waals surface area (Å²) in [7, 11) is 0. The van der Waals surface area contributed by atoms with Gasteiger partial charge < -0.3 is 10.2 Å². The van der Waals surface area contributed by atoms with Gasteiger partial charge in [-0.25, -0.2) is 9.97 Å². The third-order valence-electron chi connectivity index (χ3n) is 3.65. The van der Waals surface area contributed by atoms with Crippen LogP contribution in [0.1, 0.15) is 31.7 Å². The first-order chi connectivity index (χ1) is 10.1. The Labute approximate surface area is 126 Å². The van der Waals surface area contributed by atoms with Gasteiger partial charge in [-0.2, -0.15) is 0 Å². The van der Waals surface area contributed by atoms with Crippen molar-refractivity contribution in [3.63, 3.8) is 0 Å². The molecular weight excluding hydrogens is 260 g/mol. The summed E-state index contributed by atoms with van der Waals surface area (Å²) in [6.45, 7) is 7.19. The summed E-state index contributed by atoms with van der Waals surface area (Å²) >= 11 is 0. The van der Waals surface area contributed by atoms with Crippen LogP contribution in [-0.2, 0) is 6.42 Å². The number of hydrogen-bond donors (Lipinski definition) is 1. The molecule has 1 N–H and O–H groups in total. The van der Waals surface area contributed by atoms with Crippen molar-refractivity contribution in [2.45, 2.75) is 39.7 Å². The molecule has 3 rings (SSSR count). The third kappa shape index (κ3) is 2.99. The first kappa shape index (κ1) is 13.9. The SMILES string of the molecule is Cc1nc(NC(C)C)cc(N2CCCc3ccccc32)n1. The number of nitrogens with zero attached hydrogens (tertiary/aromatic N) is 3. The van der Waals surface area contributed by atoms with Gasteiger partial charge in [0.2, 0.25) is 0 Å². The molecule has 1 aromatic carbocycles. The lowest BCUT2D eigenvalue weighted by Gasteiger charge is -2.30. The van der Waals surface area contributed by atoms with Crippen LogP contribution in [0.3, 0.4) is 0 Å². The van der Waals surface area contributed by atoms with Gasteiger partial charge in [-0.3, -0.25) is 0 Å². The number of aromatic nitrogens is 2. The number of rotatable bonds is 3. The van der Waals surface area contributed by atoms with Gasteiger partial charge in [-0.15, -0.1) is 0 Å². The minimum Gasteiger partial charge on any atom is -0.368 e. The zero-order valence-electron chi connectivity index (χ0n) is 12.9. The Morgan fingerprint density at radius 2 is 2.00 bits per heavy atom. The first-order valence-electron chi connectivity index (χ1n) is 7.61. The predicted molar refractivity (Wildman–Crippen MR) is 87.3 cm³/mol. The van der Waals surface area contributed by atoms with Gasteiger partial charge in [0.1, 0.15) is 17.5 Å². The van der Waals surface area contributed by atoms with Crippen LogP contribution in [0, 0.1) is 6.92 Å². The van der Waals surface area contributed by atoms with E-state index in [9.17, 15) is 0 Å². The highest BCUT2D eigenvalue weighted by atomic mass is 15.2. The molecule has 0 atom stereocenters. The van der Waals surface area contributed by atoms with Crippen molar-refractivity contribution in [2.24, 2.45) is 0 Å². The molecule has 0 radical (unpaired) electrons. The second kappa shape index (κ2) is 5.72. The summed E-state index contributed by atoms with van der Waals surface area (Å²) in [6, 6.07) is 11.0. The van der Waals surface area contributed by atoms with E-state index < -0.39 is 0 Å². The molecule has 110 valence electrons. The van der Waals surface area contributed by atoms with Crippen molar-refractivity contribution in [3.8, 4) is 0 Å². The highest BCUT2D eigenvalue weighted by Crippen LogP contribution is 2.32. The fourth-order valence-electron chi connectivity index (χ4n) is 2.83. The summed E-state index contributed by atoms with van der Waals surface area (Å²) < 4.78 is 0. The number of hydrogen-bond acceptors (Lipinski definition) is 4. The maximum atomic E-state index is 4.64. The van der Waals surface area contributed by atoms with Crippen LogP contribution >= 0.6 is 0 Å². The Morgan fingerprint density at radius 3 is 2.81 bits per heavy atom. The van der Waals surface area contributed by atoms with E-state index in [1.807, 2.05) is 6.92 Å². The Morgan fingerprint density at radius 1 is 1.19 bits per heavy atom. The van der Waals surface area contributed by atoms with E-state index in [-0.39, 0.29) is 0 Å². The number of para-hydroxylation sites is 1. The van der Waals surface area contributed by atoms with Gasteiger partial charge in [0.25, 0.3) is 0 Å². The molecule has 0 fully saturated rings. The summed E-state index contributed by atoms with van der Waals surface area (Å²) in [6.07, 6.45) is 2.31. The largest absolute Gasteiger partial charge is 0.368 e. The second-order valence-electron chi connectivity index (χ2n) is 5.84. The van der Waals surface area contributed by atoms with E-state index in [4.69, 9.17) is 0 Å². The standard InChI is InChI=1S/C17H22N4/c1-12(2)18-16-11-17(20-13(3)19-16)21-10-6-8-14-7-4-5-9-15(14)21/h4-5,7,9,11-12H,6,8,10H2,1-3H3,(H,18,19,20).